The molecule has 1 aliphatic heterocycles. The Labute approximate surface area is 150 Å². The minimum atomic E-state index is -0.00184. The second-order valence-electron chi connectivity index (χ2n) is 5.93. The van der Waals surface area contributed by atoms with Crippen molar-refractivity contribution in [2.45, 2.75) is 13.3 Å². The van der Waals surface area contributed by atoms with Crippen LogP contribution in [0.4, 0.5) is 5.69 Å². The van der Waals surface area contributed by atoms with Crippen LogP contribution in [-0.4, -0.2) is 70.2 Å². The highest BCUT2D eigenvalue weighted by Gasteiger charge is 2.20. The zero-order valence-electron chi connectivity index (χ0n) is 15.4. The molecule has 1 aliphatic rings. The molecule has 0 bridgehead atoms. The third-order valence-electron chi connectivity index (χ3n) is 4.19. The number of benzene rings is 1. The van der Waals surface area contributed by atoms with Crippen LogP contribution in [0.1, 0.15) is 13.3 Å². The van der Waals surface area contributed by atoms with Gasteiger partial charge in [0.1, 0.15) is 5.75 Å². The first-order valence-corrected chi connectivity index (χ1v) is 8.79. The molecule has 1 heterocycles. The topological polar surface area (TPSA) is 69.2 Å². The van der Waals surface area contributed by atoms with Crippen LogP contribution in [0.2, 0.25) is 0 Å². The van der Waals surface area contributed by atoms with Gasteiger partial charge in [-0.1, -0.05) is 13.0 Å². The van der Waals surface area contributed by atoms with E-state index in [-0.39, 0.29) is 12.5 Å². The van der Waals surface area contributed by atoms with Gasteiger partial charge in [0.25, 0.3) is 0 Å². The van der Waals surface area contributed by atoms with Gasteiger partial charge in [0.15, 0.2) is 5.96 Å². The Bertz CT molecular complexity index is 583. The Hall–Kier alpha value is -2.44. The van der Waals surface area contributed by atoms with Gasteiger partial charge in [-0.15, -0.1) is 0 Å². The fourth-order valence-corrected chi connectivity index (χ4v) is 2.80. The van der Waals surface area contributed by atoms with Gasteiger partial charge in [-0.05, 0) is 18.6 Å². The Kier molecular flexibility index (Phi) is 7.37. The third-order valence-corrected chi connectivity index (χ3v) is 4.19. The number of carbonyl (C=O) groups is 1. The van der Waals surface area contributed by atoms with Crippen LogP contribution in [0.3, 0.4) is 0 Å². The summed E-state index contributed by atoms with van der Waals surface area (Å²) in [6.45, 7) is 6.50. The first-order valence-electron chi connectivity index (χ1n) is 8.79. The molecule has 1 aromatic carbocycles. The number of guanidine groups is 1. The maximum absolute atomic E-state index is 11.7. The van der Waals surface area contributed by atoms with E-state index < -0.39 is 0 Å². The molecule has 0 atom stereocenters. The first-order chi connectivity index (χ1) is 12.2. The summed E-state index contributed by atoms with van der Waals surface area (Å²) < 4.78 is 5.30. The summed E-state index contributed by atoms with van der Waals surface area (Å²) in [6.07, 6.45) is 0.937. The molecule has 138 valence electrons. The van der Waals surface area contributed by atoms with E-state index in [2.05, 4.69) is 37.6 Å². The number of aliphatic imine (C=N–C) groups is 1. The number of anilines is 1. The maximum Gasteiger partial charge on any atom is 0.239 e. The van der Waals surface area contributed by atoms with Crippen LogP contribution in [-0.2, 0) is 4.79 Å². The molecule has 25 heavy (non-hydrogen) atoms. The Morgan fingerprint density at radius 2 is 2.00 bits per heavy atom. The first kappa shape index (κ1) is 18.9. The second-order valence-corrected chi connectivity index (χ2v) is 5.93. The highest BCUT2D eigenvalue weighted by atomic mass is 16.5. The van der Waals surface area contributed by atoms with Crippen molar-refractivity contribution < 1.29 is 9.53 Å². The fraction of sp³-hybridized carbons (Fsp3) is 0.556. The van der Waals surface area contributed by atoms with Gasteiger partial charge in [-0.3, -0.25) is 9.79 Å². The zero-order valence-corrected chi connectivity index (χ0v) is 15.4. The van der Waals surface area contributed by atoms with Gasteiger partial charge in [-0.25, -0.2) is 0 Å². The van der Waals surface area contributed by atoms with Crippen molar-refractivity contribution in [3.63, 3.8) is 0 Å². The molecule has 0 radical (unpaired) electrons. The van der Waals surface area contributed by atoms with Gasteiger partial charge in [-0.2, -0.15) is 0 Å². The van der Waals surface area contributed by atoms with Gasteiger partial charge in [0, 0.05) is 51.5 Å². The van der Waals surface area contributed by atoms with Crippen molar-refractivity contribution in [1.29, 1.82) is 0 Å². The maximum atomic E-state index is 11.7. The molecule has 0 aromatic heterocycles. The normalized spacial score (nSPS) is 15.1. The van der Waals surface area contributed by atoms with E-state index in [0.29, 0.717) is 6.54 Å². The van der Waals surface area contributed by atoms with Gasteiger partial charge in [0.05, 0.1) is 13.7 Å². The molecule has 1 saturated heterocycles. The smallest absolute Gasteiger partial charge is 0.239 e. The summed E-state index contributed by atoms with van der Waals surface area (Å²) in [5.41, 5.74) is 1.17. The average Bonchev–Trinajstić information content (AvgIpc) is 2.67. The molecule has 2 rings (SSSR count). The molecule has 1 fully saturated rings. The predicted octanol–water partition coefficient (Wildman–Crippen LogP) is 0.919. The molecule has 2 N–H and O–H groups in total. The van der Waals surface area contributed by atoms with E-state index in [4.69, 9.17) is 4.74 Å². The number of nitrogens with one attached hydrogen (secondary N) is 2. The molecule has 7 nitrogen and oxygen atoms in total. The Morgan fingerprint density at radius 3 is 2.64 bits per heavy atom. The summed E-state index contributed by atoms with van der Waals surface area (Å²) in [6, 6.07) is 8.12. The van der Waals surface area contributed by atoms with Crippen LogP contribution in [0.5, 0.6) is 5.75 Å². The van der Waals surface area contributed by atoms with Crippen molar-refractivity contribution in [2.24, 2.45) is 4.99 Å². The van der Waals surface area contributed by atoms with E-state index in [1.165, 1.54) is 5.69 Å². The van der Waals surface area contributed by atoms with E-state index in [9.17, 15) is 4.79 Å². The quantitative estimate of drug-likeness (QED) is 0.592. The Balaban J connectivity index is 1.84. The predicted molar refractivity (Wildman–Crippen MR) is 101 cm³/mol. The molecular formula is C18H29N5O2. The van der Waals surface area contributed by atoms with E-state index in [1.807, 2.05) is 19.1 Å². The van der Waals surface area contributed by atoms with Gasteiger partial charge >= 0.3 is 0 Å². The standard InChI is InChI=1S/C18H29N5O2/c1-4-8-20-17(24)14-21-18(19-2)23-11-9-22(10-12-23)15-6-5-7-16(13-15)25-3/h5-7,13H,4,8-12,14H2,1-3H3,(H,19,21)(H,20,24). The second kappa shape index (κ2) is 9.76. The minimum absolute atomic E-state index is 0.00184. The number of rotatable bonds is 6. The van der Waals surface area contributed by atoms with Crippen molar-refractivity contribution in [3.05, 3.63) is 24.3 Å². The molecule has 1 amide bonds. The zero-order chi connectivity index (χ0) is 18.1. The summed E-state index contributed by atoms with van der Waals surface area (Å²) in [5.74, 6) is 1.64. The largest absolute Gasteiger partial charge is 0.497 e. The molecule has 0 saturated carbocycles. The van der Waals surface area contributed by atoms with Crippen molar-refractivity contribution in [2.75, 3.05) is 58.3 Å². The van der Waals surface area contributed by atoms with Crippen LogP contribution in [0.25, 0.3) is 0 Å². The fourth-order valence-electron chi connectivity index (χ4n) is 2.80. The van der Waals surface area contributed by atoms with E-state index in [0.717, 1.165) is 44.3 Å². The molecular weight excluding hydrogens is 318 g/mol. The number of ether oxygens (including phenoxy) is 1. The molecule has 7 heteroatoms. The number of hydrogen-bond donors (Lipinski definition) is 2. The Morgan fingerprint density at radius 1 is 1.24 bits per heavy atom. The lowest BCUT2D eigenvalue weighted by molar-refractivity contribution is -0.120. The molecule has 0 spiro atoms. The molecule has 0 aliphatic carbocycles. The van der Waals surface area contributed by atoms with Crippen molar-refractivity contribution in [1.82, 2.24) is 15.5 Å². The van der Waals surface area contributed by atoms with Crippen LogP contribution < -0.4 is 20.3 Å². The van der Waals surface area contributed by atoms with Crippen LogP contribution in [0, 0.1) is 0 Å². The van der Waals surface area contributed by atoms with Crippen molar-refractivity contribution >= 4 is 17.6 Å². The van der Waals surface area contributed by atoms with Crippen LogP contribution >= 0.6 is 0 Å². The lowest BCUT2D eigenvalue weighted by Gasteiger charge is -2.37. The summed E-state index contributed by atoms with van der Waals surface area (Å²) in [4.78, 5) is 20.6. The van der Waals surface area contributed by atoms with Gasteiger partial charge in [0.2, 0.25) is 5.91 Å². The van der Waals surface area contributed by atoms with E-state index in [1.54, 1.807) is 14.2 Å². The van der Waals surface area contributed by atoms with Crippen LogP contribution in [0.15, 0.2) is 29.3 Å². The minimum Gasteiger partial charge on any atom is -0.497 e. The monoisotopic (exact) mass is 347 g/mol. The lowest BCUT2D eigenvalue weighted by atomic mass is 10.2. The van der Waals surface area contributed by atoms with Gasteiger partial charge < -0.3 is 25.2 Å². The lowest BCUT2D eigenvalue weighted by Crippen LogP contribution is -2.53. The number of hydrogen-bond acceptors (Lipinski definition) is 4. The number of amides is 1. The SMILES string of the molecule is CCCNC(=O)CNC(=NC)N1CCN(c2cccc(OC)c2)CC1. The number of methoxy groups -OCH3 is 1. The summed E-state index contributed by atoms with van der Waals surface area (Å²) in [5, 5.41) is 6.01. The van der Waals surface area contributed by atoms with E-state index >= 15 is 0 Å². The van der Waals surface area contributed by atoms with Crippen molar-refractivity contribution in [3.8, 4) is 5.75 Å². The number of piperazine rings is 1. The number of nitrogens with zero attached hydrogens (tertiary/aromatic N) is 3. The molecule has 0 unspecified atom stereocenters. The average molecular weight is 347 g/mol. The number of carbonyl (C=O) groups excluding carboxylic acids is 1. The highest BCUT2D eigenvalue weighted by molar-refractivity contribution is 5.86. The molecule has 1 aromatic rings. The third kappa shape index (κ3) is 5.55. The summed E-state index contributed by atoms with van der Waals surface area (Å²) in [7, 11) is 3.43. The highest BCUT2D eigenvalue weighted by Crippen LogP contribution is 2.22. The summed E-state index contributed by atoms with van der Waals surface area (Å²) >= 11 is 0.